The van der Waals surface area contributed by atoms with Crippen LogP contribution < -0.4 is 5.32 Å². The van der Waals surface area contributed by atoms with Gasteiger partial charge in [0, 0.05) is 12.6 Å². The number of benzene rings is 1. The van der Waals surface area contributed by atoms with Crippen molar-refractivity contribution < 1.29 is 0 Å². The molecule has 1 aliphatic carbocycles. The molecule has 4 nitrogen and oxygen atoms in total. The van der Waals surface area contributed by atoms with Crippen molar-refractivity contribution in [2.24, 2.45) is 0 Å². The van der Waals surface area contributed by atoms with Crippen LogP contribution in [0, 0.1) is 0 Å². The molecule has 0 saturated heterocycles. The van der Waals surface area contributed by atoms with Crippen molar-refractivity contribution in [2.45, 2.75) is 52.1 Å². The van der Waals surface area contributed by atoms with Gasteiger partial charge in [0.25, 0.3) is 0 Å². The zero-order chi connectivity index (χ0) is 13.9. The van der Waals surface area contributed by atoms with Crippen LogP contribution in [0.25, 0.3) is 5.69 Å². The van der Waals surface area contributed by atoms with E-state index in [9.17, 15) is 0 Å². The van der Waals surface area contributed by atoms with Crippen LogP contribution in [-0.4, -0.2) is 21.0 Å². The van der Waals surface area contributed by atoms with Gasteiger partial charge in [-0.3, -0.25) is 0 Å². The summed E-state index contributed by atoms with van der Waals surface area (Å²) in [6, 6.07) is 7.02. The first kappa shape index (κ1) is 13.3. The van der Waals surface area contributed by atoms with Crippen molar-refractivity contribution in [3.05, 3.63) is 41.2 Å². The number of nitrogens with zero attached hydrogens (tertiary/aromatic N) is 3. The molecule has 0 fully saturated rings. The third-order valence-corrected chi connectivity index (χ3v) is 3.91. The minimum absolute atomic E-state index is 0.461. The zero-order valence-electron chi connectivity index (χ0n) is 12.3. The molecule has 2 aromatic rings. The molecule has 1 aliphatic rings. The first-order chi connectivity index (χ1) is 9.75. The highest BCUT2D eigenvalue weighted by molar-refractivity contribution is 5.47. The van der Waals surface area contributed by atoms with E-state index in [1.807, 2.05) is 10.9 Å². The van der Waals surface area contributed by atoms with E-state index in [4.69, 9.17) is 0 Å². The normalized spacial score (nSPS) is 14.6. The van der Waals surface area contributed by atoms with Gasteiger partial charge in [-0.15, -0.1) is 5.10 Å². The van der Waals surface area contributed by atoms with Crippen LogP contribution in [0.5, 0.6) is 0 Å². The molecule has 3 rings (SSSR count). The lowest BCUT2D eigenvalue weighted by atomic mass is 9.90. The van der Waals surface area contributed by atoms with Gasteiger partial charge in [-0.25, -0.2) is 4.68 Å². The lowest BCUT2D eigenvalue weighted by Crippen LogP contribution is -2.23. The van der Waals surface area contributed by atoms with E-state index in [0.717, 1.165) is 18.7 Å². The number of nitrogens with one attached hydrogen (secondary N) is 1. The summed E-state index contributed by atoms with van der Waals surface area (Å²) in [7, 11) is 0. The Hall–Kier alpha value is -1.68. The van der Waals surface area contributed by atoms with Crippen LogP contribution >= 0.6 is 0 Å². The van der Waals surface area contributed by atoms with Crippen LogP contribution in [-0.2, 0) is 19.4 Å². The minimum Gasteiger partial charge on any atom is -0.309 e. The van der Waals surface area contributed by atoms with Gasteiger partial charge in [-0.2, -0.15) is 0 Å². The van der Waals surface area contributed by atoms with E-state index in [1.54, 1.807) is 0 Å². The summed E-state index contributed by atoms with van der Waals surface area (Å²) in [6.45, 7) is 5.10. The second-order valence-corrected chi connectivity index (χ2v) is 5.79. The van der Waals surface area contributed by atoms with Crippen molar-refractivity contribution >= 4 is 0 Å². The van der Waals surface area contributed by atoms with Gasteiger partial charge in [-0.05, 0) is 42.9 Å². The number of fused-ring (bicyclic) bond motifs is 1. The topological polar surface area (TPSA) is 42.7 Å². The molecular weight excluding hydrogens is 248 g/mol. The molecule has 1 aromatic heterocycles. The van der Waals surface area contributed by atoms with Crippen molar-refractivity contribution in [2.75, 3.05) is 0 Å². The maximum absolute atomic E-state index is 4.30. The number of rotatable bonds is 4. The molecule has 20 heavy (non-hydrogen) atoms. The fraction of sp³-hybridized carbons (Fsp3) is 0.500. The quantitative estimate of drug-likeness (QED) is 0.928. The summed E-state index contributed by atoms with van der Waals surface area (Å²) in [5.41, 5.74) is 5.26. The molecule has 1 N–H and O–H groups in total. The van der Waals surface area contributed by atoms with Gasteiger partial charge in [0.2, 0.25) is 0 Å². The number of aromatic nitrogens is 3. The summed E-state index contributed by atoms with van der Waals surface area (Å²) >= 11 is 0. The molecule has 1 aromatic carbocycles. The Morgan fingerprint density at radius 1 is 1.25 bits per heavy atom. The van der Waals surface area contributed by atoms with Crippen LogP contribution in [0.3, 0.4) is 0 Å². The fourth-order valence-electron chi connectivity index (χ4n) is 2.85. The molecule has 0 atom stereocenters. The smallest absolute Gasteiger partial charge is 0.0783 e. The van der Waals surface area contributed by atoms with Gasteiger partial charge in [0.15, 0.2) is 0 Å². The Morgan fingerprint density at radius 2 is 2.10 bits per heavy atom. The van der Waals surface area contributed by atoms with E-state index in [0.29, 0.717) is 6.04 Å². The molecule has 0 bridgehead atoms. The Kier molecular flexibility index (Phi) is 3.83. The van der Waals surface area contributed by atoms with E-state index in [-0.39, 0.29) is 0 Å². The molecule has 0 spiro atoms. The highest BCUT2D eigenvalue weighted by Crippen LogP contribution is 2.27. The predicted octanol–water partition coefficient (Wildman–Crippen LogP) is 2.64. The fourth-order valence-corrected chi connectivity index (χ4v) is 2.85. The second-order valence-electron chi connectivity index (χ2n) is 5.79. The van der Waals surface area contributed by atoms with Gasteiger partial charge in [0.05, 0.1) is 17.6 Å². The Labute approximate surface area is 120 Å². The molecule has 0 saturated carbocycles. The first-order valence-electron chi connectivity index (χ1n) is 7.50. The largest absolute Gasteiger partial charge is 0.309 e. The Morgan fingerprint density at radius 3 is 2.95 bits per heavy atom. The lowest BCUT2D eigenvalue weighted by Gasteiger charge is -2.20. The van der Waals surface area contributed by atoms with Crippen LogP contribution in [0.1, 0.15) is 43.5 Å². The highest BCUT2D eigenvalue weighted by Gasteiger charge is 2.16. The van der Waals surface area contributed by atoms with Gasteiger partial charge >= 0.3 is 0 Å². The molecule has 1 heterocycles. The number of hydrogen-bond acceptors (Lipinski definition) is 3. The van der Waals surface area contributed by atoms with E-state index in [1.165, 1.54) is 36.1 Å². The Balaban J connectivity index is 1.95. The maximum atomic E-state index is 4.30. The van der Waals surface area contributed by atoms with Gasteiger partial charge < -0.3 is 5.32 Å². The summed E-state index contributed by atoms with van der Waals surface area (Å²) in [4.78, 5) is 0. The third-order valence-electron chi connectivity index (χ3n) is 3.91. The standard InChI is InChI=1S/C16H22N4/c1-12(2)17-10-14-11-18-19-20(14)16-9-5-7-13-6-3-4-8-15(13)16/h5,7,9,11-12,17H,3-4,6,8,10H2,1-2H3. The van der Waals surface area contributed by atoms with Gasteiger partial charge in [-0.1, -0.05) is 31.2 Å². The van der Waals surface area contributed by atoms with Crippen LogP contribution in [0.15, 0.2) is 24.4 Å². The van der Waals surface area contributed by atoms with Crippen molar-refractivity contribution in [1.29, 1.82) is 0 Å². The predicted molar refractivity (Wildman–Crippen MR) is 80.0 cm³/mol. The molecule has 0 amide bonds. The monoisotopic (exact) mass is 270 g/mol. The summed E-state index contributed by atoms with van der Waals surface area (Å²) in [5.74, 6) is 0. The van der Waals surface area contributed by atoms with Gasteiger partial charge in [0.1, 0.15) is 0 Å². The van der Waals surface area contributed by atoms with Crippen LogP contribution in [0.4, 0.5) is 0 Å². The molecule has 4 heteroatoms. The molecule has 0 unspecified atom stereocenters. The van der Waals surface area contributed by atoms with E-state index < -0.39 is 0 Å². The van der Waals surface area contributed by atoms with E-state index in [2.05, 4.69) is 47.7 Å². The third kappa shape index (κ3) is 2.61. The van der Waals surface area contributed by atoms with Crippen molar-refractivity contribution in [1.82, 2.24) is 20.3 Å². The molecular formula is C16H22N4. The minimum atomic E-state index is 0.461. The number of aryl methyl sites for hydroxylation is 1. The average Bonchev–Trinajstić information content (AvgIpc) is 2.92. The van der Waals surface area contributed by atoms with Crippen LogP contribution in [0.2, 0.25) is 0 Å². The summed E-state index contributed by atoms with van der Waals surface area (Å²) in [6.07, 6.45) is 6.78. The Bertz CT molecular complexity index is 586. The average molecular weight is 270 g/mol. The highest BCUT2D eigenvalue weighted by atomic mass is 15.4. The summed E-state index contributed by atoms with van der Waals surface area (Å²) in [5, 5.41) is 11.8. The first-order valence-corrected chi connectivity index (χ1v) is 7.50. The molecule has 0 aliphatic heterocycles. The SMILES string of the molecule is CC(C)NCc1cnnn1-c1cccc2c1CCCC2. The van der Waals surface area contributed by atoms with E-state index >= 15 is 0 Å². The number of hydrogen-bond donors (Lipinski definition) is 1. The van der Waals surface area contributed by atoms with Crippen molar-refractivity contribution in [3.63, 3.8) is 0 Å². The lowest BCUT2D eigenvalue weighted by molar-refractivity contribution is 0.568. The van der Waals surface area contributed by atoms with Crippen molar-refractivity contribution in [3.8, 4) is 5.69 Å². The molecule has 0 radical (unpaired) electrons. The maximum Gasteiger partial charge on any atom is 0.0783 e. The zero-order valence-corrected chi connectivity index (χ0v) is 12.3. The summed E-state index contributed by atoms with van der Waals surface area (Å²) < 4.78 is 2.00. The second kappa shape index (κ2) is 5.75. The molecule has 106 valence electrons.